The minimum atomic E-state index is 0.533. The van der Waals surface area contributed by atoms with E-state index in [4.69, 9.17) is 10.5 Å². The van der Waals surface area contributed by atoms with Gasteiger partial charge >= 0.3 is 0 Å². The Morgan fingerprint density at radius 1 is 1.00 bits per heavy atom. The Labute approximate surface area is 130 Å². The highest BCUT2D eigenvalue weighted by Gasteiger charge is 2.05. The molecule has 0 saturated heterocycles. The van der Waals surface area contributed by atoms with Gasteiger partial charge in [-0.3, -0.25) is 4.98 Å². The largest absolute Gasteiger partial charge is 0.489 e. The zero-order chi connectivity index (χ0) is 15.4. The van der Waals surface area contributed by atoms with Crippen molar-refractivity contribution in [2.24, 2.45) is 0 Å². The quantitative estimate of drug-likeness (QED) is 0.732. The van der Waals surface area contributed by atoms with E-state index >= 15 is 0 Å². The van der Waals surface area contributed by atoms with Gasteiger partial charge in [0.2, 0.25) is 0 Å². The molecule has 0 amide bonds. The summed E-state index contributed by atoms with van der Waals surface area (Å²) in [6.07, 6.45) is 3.65. The van der Waals surface area contributed by atoms with Gasteiger partial charge in [-0.05, 0) is 36.2 Å². The Bertz CT molecular complexity index is 769. The summed E-state index contributed by atoms with van der Waals surface area (Å²) < 4.78 is 5.79. The number of nitrogens with zero attached hydrogens (tertiary/aromatic N) is 1. The summed E-state index contributed by atoms with van der Waals surface area (Å²) in [4.78, 5) is 4.21. The average molecular weight is 290 g/mol. The monoisotopic (exact) mass is 290 g/mol. The first-order chi connectivity index (χ1) is 10.7. The van der Waals surface area contributed by atoms with E-state index in [1.54, 1.807) is 0 Å². The van der Waals surface area contributed by atoms with Gasteiger partial charge < -0.3 is 10.5 Å². The number of aromatic nitrogens is 1. The molecule has 110 valence electrons. The molecule has 0 spiro atoms. The zero-order valence-electron chi connectivity index (χ0n) is 12.5. The van der Waals surface area contributed by atoms with E-state index in [0.29, 0.717) is 12.3 Å². The maximum atomic E-state index is 6.16. The molecule has 0 aliphatic rings. The highest BCUT2D eigenvalue weighted by molar-refractivity contribution is 5.77. The van der Waals surface area contributed by atoms with Crippen LogP contribution in [-0.4, -0.2) is 4.98 Å². The molecule has 0 bridgehead atoms. The van der Waals surface area contributed by atoms with Crippen LogP contribution in [-0.2, 0) is 6.61 Å². The molecule has 0 fully saturated rings. The summed E-state index contributed by atoms with van der Waals surface area (Å²) in [5.41, 5.74) is 11.1. The number of pyridine rings is 1. The average Bonchev–Trinajstić information content (AvgIpc) is 2.54. The van der Waals surface area contributed by atoms with Crippen molar-refractivity contribution >= 4 is 5.69 Å². The number of ether oxygens (including phenoxy) is 1. The molecule has 3 aromatic rings. The number of anilines is 1. The van der Waals surface area contributed by atoms with Gasteiger partial charge in [-0.15, -0.1) is 0 Å². The molecule has 1 aromatic heterocycles. The van der Waals surface area contributed by atoms with Crippen LogP contribution in [0.4, 0.5) is 5.69 Å². The highest BCUT2D eigenvalue weighted by atomic mass is 16.5. The van der Waals surface area contributed by atoms with Crippen molar-refractivity contribution in [3.63, 3.8) is 0 Å². The number of hydrogen-bond acceptors (Lipinski definition) is 3. The van der Waals surface area contributed by atoms with Crippen molar-refractivity contribution in [3.05, 3.63) is 78.1 Å². The van der Waals surface area contributed by atoms with Crippen LogP contribution in [0, 0.1) is 6.92 Å². The molecule has 22 heavy (non-hydrogen) atoms. The van der Waals surface area contributed by atoms with Crippen molar-refractivity contribution < 1.29 is 4.74 Å². The molecule has 3 heteroatoms. The lowest BCUT2D eigenvalue weighted by atomic mass is 10.0. The van der Waals surface area contributed by atoms with Gasteiger partial charge in [-0.2, -0.15) is 0 Å². The fourth-order valence-corrected chi connectivity index (χ4v) is 2.34. The van der Waals surface area contributed by atoms with Crippen LogP contribution in [0.15, 0.2) is 67.0 Å². The molecule has 0 atom stereocenters. The molecule has 3 nitrogen and oxygen atoms in total. The van der Waals surface area contributed by atoms with Gasteiger partial charge in [0.1, 0.15) is 12.4 Å². The number of aryl methyl sites for hydroxylation is 1. The topological polar surface area (TPSA) is 48.1 Å². The van der Waals surface area contributed by atoms with Crippen molar-refractivity contribution in [2.45, 2.75) is 13.5 Å². The molecular formula is C19H18N2O. The lowest BCUT2D eigenvalue weighted by Gasteiger charge is -2.10. The van der Waals surface area contributed by atoms with Crippen molar-refractivity contribution in [1.82, 2.24) is 4.98 Å². The van der Waals surface area contributed by atoms with Crippen LogP contribution in [0.25, 0.3) is 11.1 Å². The molecule has 0 saturated carbocycles. The molecule has 0 radical (unpaired) electrons. The second-order valence-corrected chi connectivity index (χ2v) is 5.27. The van der Waals surface area contributed by atoms with Gasteiger partial charge in [-0.1, -0.05) is 30.3 Å². The van der Waals surface area contributed by atoms with Crippen molar-refractivity contribution in [1.29, 1.82) is 0 Å². The van der Waals surface area contributed by atoms with Crippen molar-refractivity contribution in [3.8, 4) is 16.9 Å². The molecule has 0 unspecified atom stereocenters. The van der Waals surface area contributed by atoms with E-state index in [9.17, 15) is 0 Å². The number of rotatable bonds is 4. The lowest BCUT2D eigenvalue weighted by molar-refractivity contribution is 0.306. The standard InChI is InChI=1S/C19H18N2O/c1-14-9-16(12-21-11-14)18-8-7-17(10-19(18)20)22-13-15-5-3-2-4-6-15/h2-12H,13,20H2,1H3. The summed E-state index contributed by atoms with van der Waals surface area (Å²) in [7, 11) is 0. The fourth-order valence-electron chi connectivity index (χ4n) is 2.34. The Morgan fingerprint density at radius 3 is 2.55 bits per heavy atom. The summed E-state index contributed by atoms with van der Waals surface area (Å²) in [5.74, 6) is 0.769. The first-order valence-corrected chi connectivity index (χ1v) is 7.20. The van der Waals surface area contributed by atoms with E-state index in [-0.39, 0.29) is 0 Å². The first kappa shape index (κ1) is 14.1. The predicted octanol–water partition coefficient (Wildman–Crippen LogP) is 4.22. The minimum Gasteiger partial charge on any atom is -0.489 e. The maximum absolute atomic E-state index is 6.16. The Morgan fingerprint density at radius 2 is 1.82 bits per heavy atom. The molecule has 1 heterocycles. The summed E-state index contributed by atoms with van der Waals surface area (Å²) in [6, 6.07) is 17.9. The summed E-state index contributed by atoms with van der Waals surface area (Å²) in [6.45, 7) is 2.55. The van der Waals surface area contributed by atoms with Gasteiger partial charge in [0.15, 0.2) is 0 Å². The Kier molecular flexibility index (Phi) is 4.05. The SMILES string of the molecule is Cc1cncc(-c2ccc(OCc3ccccc3)cc2N)c1. The van der Waals surface area contributed by atoms with E-state index in [0.717, 1.165) is 28.0 Å². The van der Waals surface area contributed by atoms with Crippen LogP contribution >= 0.6 is 0 Å². The molecule has 0 aliphatic carbocycles. The number of benzene rings is 2. The molecule has 0 aliphatic heterocycles. The first-order valence-electron chi connectivity index (χ1n) is 7.20. The maximum Gasteiger partial charge on any atom is 0.121 e. The van der Waals surface area contributed by atoms with Crippen LogP contribution in [0.2, 0.25) is 0 Å². The van der Waals surface area contributed by atoms with Crippen LogP contribution in [0.1, 0.15) is 11.1 Å². The molecule has 3 rings (SSSR count). The third-order valence-electron chi connectivity index (χ3n) is 3.46. The molecule has 2 aromatic carbocycles. The van der Waals surface area contributed by atoms with Gasteiger partial charge in [0, 0.05) is 35.3 Å². The van der Waals surface area contributed by atoms with E-state index in [2.05, 4.69) is 11.1 Å². The number of hydrogen-bond donors (Lipinski definition) is 1. The van der Waals surface area contributed by atoms with E-state index in [1.165, 1.54) is 0 Å². The van der Waals surface area contributed by atoms with E-state index in [1.807, 2.05) is 67.8 Å². The summed E-state index contributed by atoms with van der Waals surface area (Å²) >= 11 is 0. The number of nitrogen functional groups attached to an aromatic ring is 1. The van der Waals surface area contributed by atoms with Gasteiger partial charge in [0.25, 0.3) is 0 Å². The normalized spacial score (nSPS) is 10.4. The number of nitrogens with two attached hydrogens (primary N) is 1. The zero-order valence-corrected chi connectivity index (χ0v) is 12.5. The smallest absolute Gasteiger partial charge is 0.121 e. The van der Waals surface area contributed by atoms with Crippen LogP contribution in [0.5, 0.6) is 5.75 Å². The Hall–Kier alpha value is -2.81. The minimum absolute atomic E-state index is 0.533. The summed E-state index contributed by atoms with van der Waals surface area (Å²) in [5, 5.41) is 0. The van der Waals surface area contributed by atoms with Gasteiger partial charge in [0.05, 0.1) is 0 Å². The van der Waals surface area contributed by atoms with Crippen LogP contribution in [0.3, 0.4) is 0 Å². The second-order valence-electron chi connectivity index (χ2n) is 5.27. The second kappa shape index (κ2) is 6.31. The molecular weight excluding hydrogens is 272 g/mol. The Balaban J connectivity index is 1.77. The van der Waals surface area contributed by atoms with Crippen LogP contribution < -0.4 is 10.5 Å². The molecule has 2 N–H and O–H groups in total. The fraction of sp³-hybridized carbons (Fsp3) is 0.105. The predicted molar refractivity (Wildman–Crippen MR) is 89.6 cm³/mol. The third-order valence-corrected chi connectivity index (χ3v) is 3.46. The van der Waals surface area contributed by atoms with E-state index < -0.39 is 0 Å². The lowest BCUT2D eigenvalue weighted by Crippen LogP contribution is -1.97. The van der Waals surface area contributed by atoms with Gasteiger partial charge in [-0.25, -0.2) is 0 Å². The highest BCUT2D eigenvalue weighted by Crippen LogP contribution is 2.29. The van der Waals surface area contributed by atoms with Crippen molar-refractivity contribution in [2.75, 3.05) is 5.73 Å². The third kappa shape index (κ3) is 3.26.